The number of hydrogen-bond donors (Lipinski definition) is 4. The molecule has 16 heavy (non-hydrogen) atoms. The van der Waals surface area contributed by atoms with Crippen molar-refractivity contribution in [1.82, 2.24) is 5.01 Å². The lowest BCUT2D eigenvalue weighted by molar-refractivity contribution is 0.318. The lowest BCUT2D eigenvalue weighted by Crippen LogP contribution is -2.39. The monoisotopic (exact) mass is 228 g/mol. The third-order valence-electron chi connectivity index (χ3n) is 2.49. The molecule has 0 aromatic carbocycles. The Bertz CT molecular complexity index is 233. The number of rotatable bonds is 7. The van der Waals surface area contributed by atoms with E-state index in [9.17, 15) is 0 Å². The van der Waals surface area contributed by atoms with E-state index in [-0.39, 0.29) is 11.9 Å². The van der Waals surface area contributed by atoms with Crippen molar-refractivity contribution in [2.45, 2.75) is 39.5 Å². The van der Waals surface area contributed by atoms with Crippen molar-refractivity contribution >= 4 is 11.9 Å². The predicted molar refractivity (Wildman–Crippen MR) is 67.7 cm³/mol. The third kappa shape index (κ3) is 6.10. The summed E-state index contributed by atoms with van der Waals surface area (Å²) < 4.78 is 0. The largest absolute Gasteiger partial charge is 0.369 e. The van der Waals surface area contributed by atoms with Gasteiger partial charge < -0.3 is 17.2 Å². The smallest absolute Gasteiger partial charge is 0.209 e. The summed E-state index contributed by atoms with van der Waals surface area (Å²) in [6, 6.07) is 0. The zero-order chi connectivity index (χ0) is 12.6. The van der Waals surface area contributed by atoms with Crippen LogP contribution in [-0.4, -0.2) is 23.5 Å². The van der Waals surface area contributed by atoms with Gasteiger partial charge >= 0.3 is 0 Å². The second kappa shape index (κ2) is 7.78. The standard InChI is InChI=1S/C10H24N6/c1-3-5-6-8(4-2)7-16(10(13)14)15-9(11)12/h8H,3-7H2,1-2H3,(H3,13,14)(H4,11,12,15). The van der Waals surface area contributed by atoms with Crippen LogP contribution in [0.1, 0.15) is 39.5 Å². The third-order valence-corrected chi connectivity index (χ3v) is 2.49. The Morgan fingerprint density at radius 3 is 2.31 bits per heavy atom. The fraction of sp³-hybridized carbons (Fsp3) is 0.800. The minimum atomic E-state index is -0.122. The molecule has 0 saturated carbocycles. The molecule has 0 aliphatic heterocycles. The van der Waals surface area contributed by atoms with Gasteiger partial charge in [0.15, 0.2) is 0 Å². The van der Waals surface area contributed by atoms with Crippen LogP contribution in [0.5, 0.6) is 0 Å². The molecule has 6 nitrogen and oxygen atoms in total. The van der Waals surface area contributed by atoms with Gasteiger partial charge in [-0.15, -0.1) is 5.10 Å². The van der Waals surface area contributed by atoms with E-state index < -0.39 is 0 Å². The van der Waals surface area contributed by atoms with Gasteiger partial charge in [-0.3, -0.25) is 5.41 Å². The highest BCUT2D eigenvalue weighted by atomic mass is 15.5. The maximum atomic E-state index is 7.38. The molecule has 0 heterocycles. The van der Waals surface area contributed by atoms with Gasteiger partial charge in [-0.1, -0.05) is 33.1 Å². The molecule has 0 rings (SSSR count). The van der Waals surface area contributed by atoms with E-state index in [1.807, 2.05) is 0 Å². The fourth-order valence-corrected chi connectivity index (χ4v) is 1.49. The Balaban J connectivity index is 4.35. The van der Waals surface area contributed by atoms with Crippen LogP contribution in [0.3, 0.4) is 0 Å². The first-order valence-corrected chi connectivity index (χ1v) is 5.72. The van der Waals surface area contributed by atoms with Gasteiger partial charge in [0.1, 0.15) is 0 Å². The van der Waals surface area contributed by atoms with Crippen LogP contribution in [0, 0.1) is 11.3 Å². The average molecular weight is 228 g/mol. The number of hydrazone groups is 1. The minimum Gasteiger partial charge on any atom is -0.369 e. The summed E-state index contributed by atoms with van der Waals surface area (Å²) in [5, 5.41) is 12.6. The van der Waals surface area contributed by atoms with E-state index in [1.54, 1.807) is 0 Å². The SMILES string of the molecule is CCCCC(CC)CN(N=C(N)N)C(=N)N. The number of guanidine groups is 2. The van der Waals surface area contributed by atoms with E-state index in [2.05, 4.69) is 18.9 Å². The van der Waals surface area contributed by atoms with Crippen molar-refractivity contribution in [3.8, 4) is 0 Å². The summed E-state index contributed by atoms with van der Waals surface area (Å²) in [7, 11) is 0. The summed E-state index contributed by atoms with van der Waals surface area (Å²) in [6.07, 6.45) is 4.48. The predicted octanol–water partition coefficient (Wildman–Crippen LogP) is 0.587. The Kier molecular flexibility index (Phi) is 7.07. The Morgan fingerprint density at radius 2 is 1.94 bits per heavy atom. The maximum Gasteiger partial charge on any atom is 0.209 e. The molecule has 0 aromatic heterocycles. The first-order valence-electron chi connectivity index (χ1n) is 5.72. The van der Waals surface area contributed by atoms with Gasteiger partial charge in [0, 0.05) is 6.54 Å². The average Bonchev–Trinajstić information content (AvgIpc) is 2.21. The summed E-state index contributed by atoms with van der Waals surface area (Å²) in [5.41, 5.74) is 16.0. The van der Waals surface area contributed by atoms with Gasteiger partial charge in [-0.05, 0) is 12.3 Å². The van der Waals surface area contributed by atoms with Crippen LogP contribution in [0.4, 0.5) is 0 Å². The number of nitrogens with two attached hydrogens (primary N) is 3. The van der Waals surface area contributed by atoms with Crippen molar-refractivity contribution in [3.63, 3.8) is 0 Å². The van der Waals surface area contributed by atoms with Crippen molar-refractivity contribution in [1.29, 1.82) is 5.41 Å². The maximum absolute atomic E-state index is 7.38. The van der Waals surface area contributed by atoms with Crippen LogP contribution in [0.2, 0.25) is 0 Å². The molecule has 0 aliphatic rings. The van der Waals surface area contributed by atoms with E-state index in [1.165, 1.54) is 17.9 Å². The van der Waals surface area contributed by atoms with E-state index >= 15 is 0 Å². The van der Waals surface area contributed by atoms with Crippen LogP contribution in [0.15, 0.2) is 5.10 Å². The second-order valence-electron chi connectivity index (χ2n) is 3.91. The van der Waals surface area contributed by atoms with Crippen LogP contribution in [-0.2, 0) is 0 Å². The summed E-state index contributed by atoms with van der Waals surface area (Å²) in [5.74, 6) is 0.274. The molecule has 6 heteroatoms. The van der Waals surface area contributed by atoms with Gasteiger partial charge in [-0.25, -0.2) is 5.01 Å². The minimum absolute atomic E-state index is 0.0689. The highest BCUT2D eigenvalue weighted by Crippen LogP contribution is 2.14. The molecule has 0 radical (unpaired) electrons. The lowest BCUT2D eigenvalue weighted by Gasteiger charge is -2.22. The van der Waals surface area contributed by atoms with Crippen molar-refractivity contribution in [2.24, 2.45) is 28.2 Å². The zero-order valence-corrected chi connectivity index (χ0v) is 10.2. The van der Waals surface area contributed by atoms with Gasteiger partial charge in [-0.2, -0.15) is 0 Å². The number of hydrogen-bond acceptors (Lipinski definition) is 2. The summed E-state index contributed by atoms with van der Waals surface area (Å²) in [4.78, 5) is 0. The molecule has 1 unspecified atom stereocenters. The number of nitrogens with zero attached hydrogens (tertiary/aromatic N) is 2. The van der Waals surface area contributed by atoms with E-state index in [0.717, 1.165) is 12.8 Å². The normalized spacial score (nSPS) is 11.9. The lowest BCUT2D eigenvalue weighted by atomic mass is 9.99. The molecule has 0 amide bonds. The molecule has 1 atom stereocenters. The molecular weight excluding hydrogens is 204 g/mol. The Hall–Kier alpha value is -1.46. The van der Waals surface area contributed by atoms with Gasteiger partial charge in [0.25, 0.3) is 0 Å². The molecule has 0 aliphatic carbocycles. The van der Waals surface area contributed by atoms with Crippen molar-refractivity contribution in [2.75, 3.05) is 6.54 Å². The fourth-order valence-electron chi connectivity index (χ4n) is 1.49. The number of nitrogens with one attached hydrogen (secondary N) is 1. The Labute approximate surface area is 97.4 Å². The molecule has 0 saturated heterocycles. The summed E-state index contributed by atoms with van der Waals surface area (Å²) >= 11 is 0. The highest BCUT2D eigenvalue weighted by Gasteiger charge is 2.13. The topological polar surface area (TPSA) is 118 Å². The van der Waals surface area contributed by atoms with Gasteiger partial charge in [0.05, 0.1) is 0 Å². The zero-order valence-electron chi connectivity index (χ0n) is 10.2. The van der Waals surface area contributed by atoms with Gasteiger partial charge in [0.2, 0.25) is 11.9 Å². The van der Waals surface area contributed by atoms with Crippen molar-refractivity contribution in [3.05, 3.63) is 0 Å². The Morgan fingerprint density at radius 1 is 1.31 bits per heavy atom. The van der Waals surface area contributed by atoms with E-state index in [0.29, 0.717) is 12.5 Å². The van der Waals surface area contributed by atoms with Crippen LogP contribution < -0.4 is 17.2 Å². The van der Waals surface area contributed by atoms with Crippen LogP contribution >= 0.6 is 0 Å². The second-order valence-corrected chi connectivity index (χ2v) is 3.91. The molecule has 0 bridgehead atoms. The molecule has 0 spiro atoms. The molecular formula is C10H24N6. The molecule has 7 N–H and O–H groups in total. The summed E-state index contributed by atoms with van der Waals surface area (Å²) in [6.45, 7) is 4.88. The first kappa shape index (κ1) is 14.5. The van der Waals surface area contributed by atoms with Crippen molar-refractivity contribution < 1.29 is 0 Å². The number of unbranched alkanes of at least 4 members (excludes halogenated alkanes) is 1. The van der Waals surface area contributed by atoms with E-state index in [4.69, 9.17) is 22.6 Å². The highest BCUT2D eigenvalue weighted by molar-refractivity contribution is 5.80. The molecule has 94 valence electrons. The molecule has 0 aromatic rings. The van der Waals surface area contributed by atoms with Crippen LogP contribution in [0.25, 0.3) is 0 Å². The molecule has 0 fully saturated rings. The first-order chi connectivity index (χ1) is 7.51. The quantitative estimate of drug-likeness (QED) is 0.290.